The molecule has 1 aromatic carbocycles. The van der Waals surface area contributed by atoms with E-state index >= 15 is 0 Å². The molecule has 2 fully saturated rings. The molecule has 4 heteroatoms. The minimum Gasteiger partial charge on any atom is -0.335 e. The van der Waals surface area contributed by atoms with E-state index in [-0.39, 0.29) is 5.91 Å². The Hall–Kier alpha value is -0.100. The first-order valence-corrected chi connectivity index (χ1v) is 9.80. The van der Waals surface area contributed by atoms with E-state index in [0.29, 0.717) is 6.04 Å². The van der Waals surface area contributed by atoms with E-state index in [9.17, 15) is 4.79 Å². The summed E-state index contributed by atoms with van der Waals surface area (Å²) in [5, 5.41) is 0. The highest BCUT2D eigenvalue weighted by atomic mass is 127. The van der Waals surface area contributed by atoms with Crippen LogP contribution in [0.15, 0.2) is 22.7 Å². The van der Waals surface area contributed by atoms with Crippen LogP contribution in [-0.2, 0) is 0 Å². The maximum atomic E-state index is 13.0. The second-order valence-corrected chi connectivity index (χ2v) is 8.33. The van der Waals surface area contributed by atoms with Gasteiger partial charge >= 0.3 is 0 Å². The molecule has 1 saturated heterocycles. The fourth-order valence-corrected chi connectivity index (χ4v) is 4.78. The molecule has 1 aliphatic carbocycles. The van der Waals surface area contributed by atoms with Crippen molar-refractivity contribution in [3.8, 4) is 0 Å². The highest BCUT2D eigenvalue weighted by molar-refractivity contribution is 14.1. The lowest BCUT2D eigenvalue weighted by atomic mass is 9.83. The molecule has 0 spiro atoms. The van der Waals surface area contributed by atoms with Gasteiger partial charge < -0.3 is 4.90 Å². The number of halogens is 2. The van der Waals surface area contributed by atoms with E-state index in [1.807, 2.05) is 18.2 Å². The number of carbonyl (C=O) groups is 1. The third kappa shape index (κ3) is 3.46. The summed E-state index contributed by atoms with van der Waals surface area (Å²) < 4.78 is 2.04. The van der Waals surface area contributed by atoms with Gasteiger partial charge in [-0.15, -0.1) is 0 Å². The molecule has 1 aromatic rings. The maximum Gasteiger partial charge on any atom is 0.255 e. The first-order valence-electron chi connectivity index (χ1n) is 7.93. The molecule has 1 aliphatic heterocycles. The standard InChI is InChI=1S/C17H21BrINO/c18-15-9-8-13(19)11-14(15)17(21)20-10-4-7-16(20)12-5-2-1-3-6-12/h8-9,11-12,16H,1-7,10H2. The molecule has 1 amide bonds. The number of hydrogen-bond donors (Lipinski definition) is 0. The summed E-state index contributed by atoms with van der Waals surface area (Å²) in [6.45, 7) is 0.928. The summed E-state index contributed by atoms with van der Waals surface area (Å²) in [5.41, 5.74) is 0.824. The predicted molar refractivity (Wildman–Crippen MR) is 97.5 cm³/mol. The van der Waals surface area contributed by atoms with Gasteiger partial charge in [0.2, 0.25) is 0 Å². The van der Waals surface area contributed by atoms with Crippen LogP contribution >= 0.6 is 38.5 Å². The molecule has 3 rings (SSSR count). The van der Waals surface area contributed by atoms with E-state index in [0.717, 1.165) is 32.5 Å². The average molecular weight is 462 g/mol. The van der Waals surface area contributed by atoms with Crippen molar-refractivity contribution in [2.45, 2.75) is 51.0 Å². The Bertz CT molecular complexity index is 528. The molecular formula is C17H21BrINO. The van der Waals surface area contributed by atoms with E-state index in [4.69, 9.17) is 0 Å². The van der Waals surface area contributed by atoms with Crippen LogP contribution in [0.3, 0.4) is 0 Å². The molecule has 21 heavy (non-hydrogen) atoms. The zero-order chi connectivity index (χ0) is 14.8. The summed E-state index contributed by atoms with van der Waals surface area (Å²) in [5.74, 6) is 0.945. The number of rotatable bonds is 2. The van der Waals surface area contributed by atoms with Gasteiger partial charge in [0.05, 0.1) is 5.56 Å². The van der Waals surface area contributed by atoms with Crippen molar-refractivity contribution >= 4 is 44.4 Å². The molecule has 1 heterocycles. The molecular weight excluding hydrogens is 441 g/mol. The summed E-state index contributed by atoms with van der Waals surface area (Å²) in [6.07, 6.45) is 9.03. The number of carbonyl (C=O) groups excluding carboxylic acids is 1. The quantitative estimate of drug-likeness (QED) is 0.551. The van der Waals surface area contributed by atoms with Crippen molar-refractivity contribution in [2.24, 2.45) is 5.92 Å². The lowest BCUT2D eigenvalue weighted by Crippen LogP contribution is -2.40. The minimum atomic E-state index is 0.216. The third-order valence-electron chi connectivity index (χ3n) is 4.91. The Morgan fingerprint density at radius 2 is 1.90 bits per heavy atom. The molecule has 1 saturated carbocycles. The SMILES string of the molecule is O=C(c1cc(I)ccc1Br)N1CCCC1C1CCCCC1. The Labute approximate surface area is 148 Å². The van der Waals surface area contributed by atoms with Gasteiger partial charge in [-0.25, -0.2) is 0 Å². The van der Waals surface area contributed by atoms with Gasteiger partial charge in [0, 0.05) is 20.6 Å². The van der Waals surface area contributed by atoms with Crippen LogP contribution in [-0.4, -0.2) is 23.4 Å². The summed E-state index contributed by atoms with van der Waals surface area (Å²) in [6, 6.07) is 6.50. The second-order valence-electron chi connectivity index (χ2n) is 6.23. The van der Waals surface area contributed by atoms with Crippen molar-refractivity contribution < 1.29 is 4.79 Å². The number of benzene rings is 1. The number of likely N-dealkylation sites (tertiary alicyclic amines) is 1. The van der Waals surface area contributed by atoms with E-state index in [2.05, 4.69) is 43.4 Å². The van der Waals surface area contributed by atoms with Crippen molar-refractivity contribution in [3.63, 3.8) is 0 Å². The zero-order valence-electron chi connectivity index (χ0n) is 12.2. The normalized spacial score (nSPS) is 23.5. The van der Waals surface area contributed by atoms with E-state index < -0.39 is 0 Å². The van der Waals surface area contributed by atoms with Crippen LogP contribution in [0.2, 0.25) is 0 Å². The zero-order valence-corrected chi connectivity index (χ0v) is 15.9. The van der Waals surface area contributed by atoms with Gasteiger partial charge in [-0.2, -0.15) is 0 Å². The van der Waals surface area contributed by atoms with Gasteiger partial charge in [0.1, 0.15) is 0 Å². The van der Waals surface area contributed by atoms with Crippen LogP contribution in [0.1, 0.15) is 55.3 Å². The summed E-state index contributed by atoms with van der Waals surface area (Å²) in [4.78, 5) is 15.1. The predicted octanol–water partition coefficient (Wildman–Crippen LogP) is 5.24. The second kappa shape index (κ2) is 6.99. The van der Waals surface area contributed by atoms with Gasteiger partial charge in [-0.05, 0) is 88.3 Å². The highest BCUT2D eigenvalue weighted by Gasteiger charge is 2.35. The van der Waals surface area contributed by atoms with Crippen molar-refractivity contribution in [1.29, 1.82) is 0 Å². The molecule has 0 aromatic heterocycles. The molecule has 0 radical (unpaired) electrons. The van der Waals surface area contributed by atoms with Crippen LogP contribution in [0, 0.1) is 9.49 Å². The Kier molecular flexibility index (Phi) is 5.25. The molecule has 2 nitrogen and oxygen atoms in total. The molecule has 1 unspecified atom stereocenters. The molecule has 2 aliphatic rings. The fourth-order valence-electron chi connectivity index (χ4n) is 3.87. The van der Waals surface area contributed by atoms with Crippen LogP contribution < -0.4 is 0 Å². The van der Waals surface area contributed by atoms with Gasteiger partial charge in [-0.1, -0.05) is 19.3 Å². The van der Waals surface area contributed by atoms with Crippen molar-refractivity contribution in [1.82, 2.24) is 4.90 Å². The topological polar surface area (TPSA) is 20.3 Å². The smallest absolute Gasteiger partial charge is 0.255 e. The van der Waals surface area contributed by atoms with Crippen molar-refractivity contribution in [2.75, 3.05) is 6.54 Å². The number of amides is 1. The van der Waals surface area contributed by atoms with Crippen LogP contribution in [0.4, 0.5) is 0 Å². The first-order chi connectivity index (χ1) is 10.2. The van der Waals surface area contributed by atoms with Crippen molar-refractivity contribution in [3.05, 3.63) is 31.8 Å². The maximum absolute atomic E-state index is 13.0. The Morgan fingerprint density at radius 3 is 2.67 bits per heavy atom. The van der Waals surface area contributed by atoms with Crippen LogP contribution in [0.25, 0.3) is 0 Å². The van der Waals surface area contributed by atoms with Crippen LogP contribution in [0.5, 0.6) is 0 Å². The molecule has 1 atom stereocenters. The molecule has 0 N–H and O–H groups in total. The summed E-state index contributed by atoms with van der Waals surface area (Å²) >= 11 is 5.82. The van der Waals surface area contributed by atoms with Gasteiger partial charge in [-0.3, -0.25) is 4.79 Å². The summed E-state index contributed by atoms with van der Waals surface area (Å²) in [7, 11) is 0. The van der Waals surface area contributed by atoms with E-state index in [1.54, 1.807) is 0 Å². The minimum absolute atomic E-state index is 0.216. The average Bonchev–Trinajstić information content (AvgIpc) is 2.99. The lowest BCUT2D eigenvalue weighted by Gasteiger charge is -2.34. The Morgan fingerprint density at radius 1 is 1.14 bits per heavy atom. The van der Waals surface area contributed by atoms with E-state index in [1.165, 1.54) is 38.5 Å². The lowest BCUT2D eigenvalue weighted by molar-refractivity contribution is 0.0660. The largest absolute Gasteiger partial charge is 0.335 e. The van der Waals surface area contributed by atoms with Gasteiger partial charge in [0.15, 0.2) is 0 Å². The highest BCUT2D eigenvalue weighted by Crippen LogP contribution is 2.35. The first kappa shape index (κ1) is 15.8. The third-order valence-corrected chi connectivity index (χ3v) is 6.28. The van der Waals surface area contributed by atoms with Gasteiger partial charge in [0.25, 0.3) is 5.91 Å². The fraction of sp³-hybridized carbons (Fsp3) is 0.588. The number of nitrogens with zero attached hydrogens (tertiary/aromatic N) is 1. The molecule has 0 bridgehead atoms. The monoisotopic (exact) mass is 461 g/mol. The molecule has 114 valence electrons. The number of hydrogen-bond acceptors (Lipinski definition) is 1. The Balaban J connectivity index is 1.80.